The number of ketones is 1. The van der Waals surface area contributed by atoms with Crippen LogP contribution in [0.25, 0.3) is 0 Å². The van der Waals surface area contributed by atoms with E-state index in [-0.39, 0.29) is 12.0 Å². The number of rotatable bonds is 9. The molecule has 1 fully saturated rings. The van der Waals surface area contributed by atoms with Crippen molar-refractivity contribution in [3.63, 3.8) is 0 Å². The van der Waals surface area contributed by atoms with Crippen LogP contribution in [0.2, 0.25) is 0 Å². The molecule has 0 atom stereocenters. The van der Waals surface area contributed by atoms with E-state index in [4.69, 9.17) is 4.74 Å². The molecule has 0 aliphatic carbocycles. The number of hydrogen-bond acceptors (Lipinski definition) is 4. The second kappa shape index (κ2) is 12.0. The van der Waals surface area contributed by atoms with E-state index in [0.717, 1.165) is 38.9 Å². The fourth-order valence-corrected chi connectivity index (χ4v) is 4.29. The molecule has 1 heterocycles. The molecule has 0 N–H and O–H groups in total. The first kappa shape index (κ1) is 25.0. The number of nitrogens with zero attached hydrogens (tertiary/aromatic N) is 2. The van der Waals surface area contributed by atoms with E-state index in [0.29, 0.717) is 25.3 Å². The summed E-state index contributed by atoms with van der Waals surface area (Å²) < 4.78 is 5.46. The predicted octanol–water partition coefficient (Wildman–Crippen LogP) is 5.69. The molecule has 1 saturated heterocycles. The Kier molecular flexibility index (Phi) is 9.07. The zero-order valence-corrected chi connectivity index (χ0v) is 20.3. The van der Waals surface area contributed by atoms with Crippen LogP contribution in [0.15, 0.2) is 60.7 Å². The molecule has 1 amide bonds. The second-order valence-corrected chi connectivity index (χ2v) is 9.99. The first-order chi connectivity index (χ1) is 15.8. The summed E-state index contributed by atoms with van der Waals surface area (Å²) in [6.45, 7) is 9.45. The molecule has 0 unspecified atom stereocenters. The Morgan fingerprint density at radius 3 is 1.91 bits per heavy atom. The summed E-state index contributed by atoms with van der Waals surface area (Å²) in [4.78, 5) is 29.3. The van der Waals surface area contributed by atoms with Crippen molar-refractivity contribution < 1.29 is 14.3 Å². The summed E-state index contributed by atoms with van der Waals surface area (Å²) in [5.41, 5.74) is 2.08. The van der Waals surface area contributed by atoms with Gasteiger partial charge in [-0.15, -0.1) is 0 Å². The molecule has 0 spiro atoms. The highest BCUT2D eigenvalue weighted by Crippen LogP contribution is 2.22. The molecule has 33 heavy (non-hydrogen) atoms. The molecule has 5 nitrogen and oxygen atoms in total. The number of ether oxygens (including phenoxy) is 1. The average molecular weight is 451 g/mol. The van der Waals surface area contributed by atoms with Gasteiger partial charge in [0.05, 0.1) is 0 Å². The van der Waals surface area contributed by atoms with Crippen LogP contribution in [0, 0.1) is 5.92 Å². The van der Waals surface area contributed by atoms with E-state index in [9.17, 15) is 9.59 Å². The lowest BCUT2D eigenvalue weighted by molar-refractivity contribution is -0.124. The van der Waals surface area contributed by atoms with E-state index in [1.807, 2.05) is 32.9 Å². The van der Waals surface area contributed by atoms with Gasteiger partial charge in [-0.25, -0.2) is 4.79 Å². The number of piperidine rings is 1. The number of benzene rings is 2. The Morgan fingerprint density at radius 2 is 1.42 bits per heavy atom. The largest absolute Gasteiger partial charge is 0.444 e. The van der Waals surface area contributed by atoms with Crippen molar-refractivity contribution in [2.75, 3.05) is 19.6 Å². The van der Waals surface area contributed by atoms with Crippen molar-refractivity contribution in [1.82, 2.24) is 9.80 Å². The van der Waals surface area contributed by atoms with Crippen molar-refractivity contribution in [1.29, 1.82) is 0 Å². The lowest BCUT2D eigenvalue weighted by Crippen LogP contribution is -2.43. The molecule has 0 radical (unpaired) electrons. The lowest BCUT2D eigenvalue weighted by atomic mass is 9.90. The molecule has 0 saturated carbocycles. The third-order valence-corrected chi connectivity index (χ3v) is 6.00. The minimum atomic E-state index is -0.491. The summed E-state index contributed by atoms with van der Waals surface area (Å²) in [6, 6.07) is 21.0. The Morgan fingerprint density at radius 1 is 0.909 bits per heavy atom. The molecule has 2 aromatic carbocycles. The van der Waals surface area contributed by atoms with Gasteiger partial charge in [-0.2, -0.15) is 0 Å². The number of hydrogen-bond donors (Lipinski definition) is 0. The molecule has 0 aromatic heterocycles. The molecular weight excluding hydrogens is 412 g/mol. The maximum Gasteiger partial charge on any atom is 0.410 e. The molecule has 3 rings (SSSR count). The summed E-state index contributed by atoms with van der Waals surface area (Å²) in [6.07, 6.45) is 2.64. The zero-order chi connectivity index (χ0) is 23.7. The Balaban J connectivity index is 1.46. The quantitative estimate of drug-likeness (QED) is 0.493. The van der Waals surface area contributed by atoms with Gasteiger partial charge in [0, 0.05) is 38.5 Å². The fourth-order valence-electron chi connectivity index (χ4n) is 4.29. The van der Waals surface area contributed by atoms with Crippen LogP contribution in [0.5, 0.6) is 0 Å². The molecule has 178 valence electrons. The molecule has 2 aromatic rings. The van der Waals surface area contributed by atoms with Gasteiger partial charge in [-0.05, 0) is 57.7 Å². The zero-order valence-electron chi connectivity index (χ0n) is 20.3. The van der Waals surface area contributed by atoms with Crippen molar-refractivity contribution in [2.45, 2.75) is 65.1 Å². The van der Waals surface area contributed by atoms with E-state index in [1.165, 1.54) is 11.1 Å². The average Bonchev–Trinajstić information content (AvgIpc) is 2.79. The third kappa shape index (κ3) is 8.65. The summed E-state index contributed by atoms with van der Waals surface area (Å²) in [7, 11) is 0. The Labute approximate surface area is 198 Å². The van der Waals surface area contributed by atoms with Crippen molar-refractivity contribution in [2.24, 2.45) is 5.92 Å². The van der Waals surface area contributed by atoms with E-state index in [1.54, 1.807) is 4.90 Å². The highest BCUT2D eigenvalue weighted by molar-refractivity contribution is 5.81. The Hall–Kier alpha value is -2.66. The van der Waals surface area contributed by atoms with Gasteiger partial charge in [0.15, 0.2) is 0 Å². The normalized spacial score (nSPS) is 15.0. The fraction of sp³-hybridized carbons (Fsp3) is 0.500. The predicted molar refractivity (Wildman–Crippen MR) is 132 cm³/mol. The lowest BCUT2D eigenvalue weighted by Gasteiger charge is -2.33. The van der Waals surface area contributed by atoms with Crippen LogP contribution < -0.4 is 0 Å². The first-order valence-electron chi connectivity index (χ1n) is 12.1. The van der Waals surface area contributed by atoms with Crippen LogP contribution in [-0.4, -0.2) is 46.9 Å². The van der Waals surface area contributed by atoms with Gasteiger partial charge in [0.25, 0.3) is 0 Å². The van der Waals surface area contributed by atoms with E-state index in [2.05, 4.69) is 53.4 Å². The first-order valence-corrected chi connectivity index (χ1v) is 12.1. The minimum absolute atomic E-state index is 0.0559. The molecular formula is C28H38N2O3. The summed E-state index contributed by atoms with van der Waals surface area (Å²) in [5.74, 6) is 0.388. The van der Waals surface area contributed by atoms with Crippen LogP contribution in [0.3, 0.4) is 0 Å². The maximum absolute atomic E-state index is 12.8. The topological polar surface area (TPSA) is 49.9 Å². The van der Waals surface area contributed by atoms with Gasteiger partial charge in [-0.1, -0.05) is 60.7 Å². The molecule has 0 bridgehead atoms. The molecule has 5 heteroatoms. The van der Waals surface area contributed by atoms with Crippen LogP contribution in [-0.2, 0) is 22.6 Å². The maximum atomic E-state index is 12.8. The van der Waals surface area contributed by atoms with Gasteiger partial charge >= 0.3 is 6.09 Å². The van der Waals surface area contributed by atoms with Crippen LogP contribution >= 0.6 is 0 Å². The molecule has 1 aliphatic rings. The number of amides is 1. The second-order valence-electron chi connectivity index (χ2n) is 9.99. The SMILES string of the molecule is CC(C)(C)OC(=O)N1CCC(C(=O)CCCN(Cc2ccccc2)Cc2ccccc2)CC1. The van der Waals surface area contributed by atoms with E-state index >= 15 is 0 Å². The van der Waals surface area contributed by atoms with Crippen LogP contribution in [0.1, 0.15) is 57.6 Å². The summed E-state index contributed by atoms with van der Waals surface area (Å²) in [5, 5.41) is 0. The van der Waals surface area contributed by atoms with Gasteiger partial charge < -0.3 is 9.64 Å². The monoisotopic (exact) mass is 450 g/mol. The number of carbonyl (C=O) groups is 2. The third-order valence-electron chi connectivity index (χ3n) is 6.00. The standard InChI is InChI=1S/C28H38N2O3/c1-28(2,3)33-27(32)30-19-16-25(17-20-30)26(31)15-10-18-29(21-23-11-6-4-7-12-23)22-24-13-8-5-9-14-24/h4-9,11-14,25H,10,15-22H2,1-3H3. The van der Waals surface area contributed by atoms with Gasteiger partial charge in [0.1, 0.15) is 11.4 Å². The smallest absolute Gasteiger partial charge is 0.410 e. The van der Waals surface area contributed by atoms with E-state index < -0.39 is 5.60 Å². The summed E-state index contributed by atoms with van der Waals surface area (Å²) >= 11 is 0. The number of carbonyl (C=O) groups excluding carboxylic acids is 2. The molecule has 1 aliphatic heterocycles. The van der Waals surface area contributed by atoms with Crippen LogP contribution in [0.4, 0.5) is 4.79 Å². The van der Waals surface area contributed by atoms with Crippen molar-refractivity contribution in [3.8, 4) is 0 Å². The van der Waals surface area contributed by atoms with Gasteiger partial charge in [-0.3, -0.25) is 9.69 Å². The number of Topliss-reactive ketones (excluding diaryl/α,β-unsaturated/α-hetero) is 1. The Bertz CT molecular complexity index is 828. The highest BCUT2D eigenvalue weighted by Gasteiger charge is 2.29. The highest BCUT2D eigenvalue weighted by atomic mass is 16.6. The minimum Gasteiger partial charge on any atom is -0.444 e. The number of likely N-dealkylation sites (tertiary alicyclic amines) is 1. The van der Waals surface area contributed by atoms with Crippen molar-refractivity contribution in [3.05, 3.63) is 71.8 Å². The van der Waals surface area contributed by atoms with Gasteiger partial charge in [0.2, 0.25) is 0 Å². The van der Waals surface area contributed by atoms with Crippen molar-refractivity contribution >= 4 is 11.9 Å².